The summed E-state index contributed by atoms with van der Waals surface area (Å²) >= 11 is 12.0. The third kappa shape index (κ3) is 2.94. The van der Waals surface area contributed by atoms with Gasteiger partial charge in [0, 0.05) is 21.9 Å². The Labute approximate surface area is 132 Å². The van der Waals surface area contributed by atoms with E-state index in [1.54, 1.807) is 18.3 Å². The van der Waals surface area contributed by atoms with E-state index in [1.807, 2.05) is 30.3 Å². The van der Waals surface area contributed by atoms with Crippen molar-refractivity contribution in [2.45, 2.75) is 12.5 Å². The molecule has 3 rings (SSSR count). The Morgan fingerprint density at radius 3 is 2.81 bits per heavy atom. The molecule has 0 fully saturated rings. The van der Waals surface area contributed by atoms with Crippen LogP contribution >= 0.6 is 23.2 Å². The Balaban J connectivity index is 1.76. The molecule has 0 saturated heterocycles. The lowest BCUT2D eigenvalue weighted by atomic mass is 10.0. The third-order valence-electron chi connectivity index (χ3n) is 3.37. The van der Waals surface area contributed by atoms with Crippen molar-refractivity contribution in [2.75, 3.05) is 5.32 Å². The minimum atomic E-state index is -0.340. The van der Waals surface area contributed by atoms with Gasteiger partial charge in [-0.2, -0.15) is 0 Å². The number of benzene rings is 2. The number of carbonyl (C=O) groups excluding carboxylic acids is 1. The van der Waals surface area contributed by atoms with Crippen LogP contribution in [0.25, 0.3) is 0 Å². The molecule has 1 atom stereocenters. The average molecular weight is 319 g/mol. The smallest absolute Gasteiger partial charge is 0.237 e. The van der Waals surface area contributed by atoms with Gasteiger partial charge in [0.15, 0.2) is 0 Å². The predicted molar refractivity (Wildman–Crippen MR) is 86.5 cm³/mol. The van der Waals surface area contributed by atoms with Gasteiger partial charge in [0.25, 0.3) is 0 Å². The Morgan fingerprint density at radius 1 is 1.19 bits per heavy atom. The van der Waals surface area contributed by atoms with E-state index in [9.17, 15) is 4.79 Å². The van der Waals surface area contributed by atoms with Crippen molar-refractivity contribution in [3.63, 3.8) is 0 Å². The number of nitrogens with zero attached hydrogens (tertiary/aromatic N) is 1. The summed E-state index contributed by atoms with van der Waals surface area (Å²) in [4.78, 5) is 16.3. The molecule has 0 aromatic heterocycles. The molecule has 0 saturated carbocycles. The van der Waals surface area contributed by atoms with Crippen LogP contribution in [-0.4, -0.2) is 12.1 Å². The van der Waals surface area contributed by atoms with Gasteiger partial charge in [0.2, 0.25) is 5.91 Å². The number of fused-ring (bicyclic) bond motifs is 1. The third-order valence-corrected chi connectivity index (χ3v) is 3.95. The summed E-state index contributed by atoms with van der Waals surface area (Å²) in [5, 5.41) is 4.02. The van der Waals surface area contributed by atoms with Crippen LogP contribution in [-0.2, 0) is 11.3 Å². The number of anilines is 1. The summed E-state index contributed by atoms with van der Waals surface area (Å²) in [6.07, 6.45) is 1.67. The molecule has 0 spiro atoms. The van der Waals surface area contributed by atoms with E-state index in [1.165, 1.54) is 0 Å². The standard InChI is InChI=1S/C16H12Cl2N2O/c17-11-6-5-10(14(18)7-11)8-19-9-13-12-3-1-2-4-15(12)20-16(13)21/h1-7,9,13H,8H2,(H,20,21)/t13-/m1/s1. The minimum absolute atomic E-state index is 0.0536. The highest BCUT2D eigenvalue weighted by Gasteiger charge is 2.28. The first-order valence-corrected chi connectivity index (χ1v) is 7.24. The Hall–Kier alpha value is -1.84. The number of nitrogens with one attached hydrogen (secondary N) is 1. The van der Waals surface area contributed by atoms with E-state index >= 15 is 0 Å². The summed E-state index contributed by atoms with van der Waals surface area (Å²) in [5.41, 5.74) is 2.68. The molecule has 0 unspecified atom stereocenters. The molecule has 0 aliphatic carbocycles. The van der Waals surface area contributed by atoms with Gasteiger partial charge in [-0.1, -0.05) is 47.5 Å². The Kier molecular flexibility index (Phi) is 3.95. The lowest BCUT2D eigenvalue weighted by Gasteiger charge is -2.03. The van der Waals surface area contributed by atoms with Gasteiger partial charge >= 0.3 is 0 Å². The maximum absolute atomic E-state index is 11.9. The first-order chi connectivity index (χ1) is 10.1. The van der Waals surface area contributed by atoms with E-state index in [4.69, 9.17) is 23.2 Å². The van der Waals surface area contributed by atoms with Crippen LogP contribution in [0.1, 0.15) is 17.0 Å². The monoisotopic (exact) mass is 318 g/mol. The second-order valence-corrected chi connectivity index (χ2v) is 5.62. The fraction of sp³-hybridized carbons (Fsp3) is 0.125. The molecule has 3 nitrogen and oxygen atoms in total. The average Bonchev–Trinajstić information content (AvgIpc) is 2.77. The summed E-state index contributed by atoms with van der Waals surface area (Å²) in [6, 6.07) is 12.9. The van der Waals surface area contributed by atoms with E-state index in [0.29, 0.717) is 16.6 Å². The number of aliphatic imine (C=N–C) groups is 1. The van der Waals surface area contributed by atoms with E-state index in [2.05, 4.69) is 10.3 Å². The highest BCUT2D eigenvalue weighted by Crippen LogP contribution is 2.31. The molecule has 0 bridgehead atoms. The maximum Gasteiger partial charge on any atom is 0.237 e. The van der Waals surface area contributed by atoms with Crippen molar-refractivity contribution in [3.05, 3.63) is 63.6 Å². The topological polar surface area (TPSA) is 41.5 Å². The molecule has 2 aromatic rings. The predicted octanol–water partition coefficient (Wildman–Crippen LogP) is 4.30. The molecule has 0 radical (unpaired) electrons. The second kappa shape index (κ2) is 5.88. The van der Waals surface area contributed by atoms with Gasteiger partial charge in [-0.15, -0.1) is 0 Å². The van der Waals surface area contributed by atoms with Crippen LogP contribution in [0.5, 0.6) is 0 Å². The fourth-order valence-corrected chi connectivity index (χ4v) is 2.76. The van der Waals surface area contributed by atoms with Crippen LogP contribution in [0.2, 0.25) is 10.0 Å². The number of rotatable bonds is 3. The number of hydrogen-bond acceptors (Lipinski definition) is 2. The summed E-state index contributed by atoms with van der Waals surface area (Å²) in [7, 11) is 0. The Bertz CT molecular complexity index is 728. The first kappa shape index (κ1) is 14.1. The fourth-order valence-electron chi connectivity index (χ4n) is 2.29. The van der Waals surface area contributed by atoms with Crippen molar-refractivity contribution < 1.29 is 4.79 Å². The maximum atomic E-state index is 11.9. The molecule has 1 heterocycles. The normalized spacial score (nSPS) is 17.0. The van der Waals surface area contributed by atoms with Crippen LogP contribution in [0.3, 0.4) is 0 Å². The van der Waals surface area contributed by atoms with Gasteiger partial charge in [-0.05, 0) is 29.3 Å². The van der Waals surface area contributed by atoms with Crippen LogP contribution in [0, 0.1) is 0 Å². The van der Waals surface area contributed by atoms with Gasteiger partial charge in [0.1, 0.15) is 5.92 Å². The number of hydrogen-bond donors (Lipinski definition) is 1. The van der Waals surface area contributed by atoms with Crippen molar-refractivity contribution in [3.8, 4) is 0 Å². The summed E-state index contributed by atoms with van der Waals surface area (Å²) in [5.74, 6) is -0.394. The number of halogens is 2. The quantitative estimate of drug-likeness (QED) is 0.842. The van der Waals surface area contributed by atoms with Crippen LogP contribution in [0.4, 0.5) is 5.69 Å². The van der Waals surface area contributed by atoms with Gasteiger partial charge < -0.3 is 5.32 Å². The van der Waals surface area contributed by atoms with Crippen molar-refractivity contribution >= 4 is 41.0 Å². The molecule has 1 N–H and O–H groups in total. The largest absolute Gasteiger partial charge is 0.325 e. The zero-order chi connectivity index (χ0) is 14.8. The lowest BCUT2D eigenvalue weighted by molar-refractivity contribution is -0.115. The van der Waals surface area contributed by atoms with E-state index < -0.39 is 0 Å². The zero-order valence-electron chi connectivity index (χ0n) is 11.0. The highest BCUT2D eigenvalue weighted by molar-refractivity contribution is 6.35. The molecule has 2 aromatic carbocycles. The van der Waals surface area contributed by atoms with Crippen LogP contribution in [0.15, 0.2) is 47.5 Å². The molecule has 1 aliphatic rings. The molecular formula is C16H12Cl2N2O. The lowest BCUT2D eigenvalue weighted by Crippen LogP contribution is -2.13. The van der Waals surface area contributed by atoms with Gasteiger partial charge in [-0.3, -0.25) is 9.79 Å². The number of para-hydroxylation sites is 1. The van der Waals surface area contributed by atoms with Gasteiger partial charge in [-0.25, -0.2) is 0 Å². The highest BCUT2D eigenvalue weighted by atomic mass is 35.5. The molecule has 1 amide bonds. The molecular weight excluding hydrogens is 307 g/mol. The second-order valence-electron chi connectivity index (χ2n) is 4.78. The van der Waals surface area contributed by atoms with E-state index in [0.717, 1.165) is 16.8 Å². The SMILES string of the molecule is O=C1Nc2ccccc2[C@H]1C=NCc1ccc(Cl)cc1Cl. The molecule has 1 aliphatic heterocycles. The first-order valence-electron chi connectivity index (χ1n) is 6.49. The number of carbonyl (C=O) groups is 1. The van der Waals surface area contributed by atoms with Crippen molar-refractivity contribution in [1.29, 1.82) is 0 Å². The minimum Gasteiger partial charge on any atom is -0.325 e. The van der Waals surface area contributed by atoms with Crippen molar-refractivity contribution in [2.24, 2.45) is 4.99 Å². The summed E-state index contributed by atoms with van der Waals surface area (Å²) < 4.78 is 0. The number of amides is 1. The van der Waals surface area contributed by atoms with E-state index in [-0.39, 0.29) is 11.8 Å². The molecule has 5 heteroatoms. The Morgan fingerprint density at radius 2 is 2.00 bits per heavy atom. The van der Waals surface area contributed by atoms with Gasteiger partial charge in [0.05, 0.1) is 6.54 Å². The van der Waals surface area contributed by atoms with Crippen molar-refractivity contribution in [1.82, 2.24) is 0 Å². The summed E-state index contributed by atoms with van der Waals surface area (Å²) in [6.45, 7) is 0.419. The zero-order valence-corrected chi connectivity index (χ0v) is 12.5. The molecule has 106 valence electrons. The molecule has 21 heavy (non-hydrogen) atoms. The van der Waals surface area contributed by atoms with Crippen LogP contribution < -0.4 is 5.32 Å².